The lowest BCUT2D eigenvalue weighted by molar-refractivity contribution is -0.384. The largest absolute Gasteiger partial charge is 0.461 e. The van der Waals surface area contributed by atoms with Gasteiger partial charge in [0.15, 0.2) is 0 Å². The Morgan fingerprint density at radius 1 is 0.975 bits per heavy atom. The molecule has 2 atom stereocenters. The molecule has 40 heavy (non-hydrogen) atoms. The summed E-state index contributed by atoms with van der Waals surface area (Å²) in [6, 6.07) is 20.6. The van der Waals surface area contributed by atoms with Crippen molar-refractivity contribution in [2.24, 2.45) is 4.99 Å². The number of ether oxygens (including phenoxy) is 1. The molecule has 0 bridgehead atoms. The zero-order valence-corrected chi connectivity index (χ0v) is 22.8. The number of nitrogens with zero attached hydrogens (tertiary/aromatic N) is 5. The first kappa shape index (κ1) is 27.2. The minimum Gasteiger partial charge on any atom is -0.461 e. The number of allylic oxidation sites excluding steroid dienone is 1. The molecular formula is C31H33N5O4. The predicted molar refractivity (Wildman–Crippen MR) is 155 cm³/mol. The number of para-hydroxylation sites is 1. The van der Waals surface area contributed by atoms with Gasteiger partial charge >= 0.3 is 5.97 Å². The van der Waals surface area contributed by atoms with Crippen molar-refractivity contribution in [2.45, 2.75) is 25.7 Å². The fourth-order valence-corrected chi connectivity index (χ4v) is 5.70. The van der Waals surface area contributed by atoms with Gasteiger partial charge in [0.05, 0.1) is 10.5 Å². The molecule has 0 radical (unpaired) electrons. The van der Waals surface area contributed by atoms with Gasteiger partial charge in [0.25, 0.3) is 5.69 Å². The highest BCUT2D eigenvalue weighted by Gasteiger charge is 2.39. The van der Waals surface area contributed by atoms with Crippen molar-refractivity contribution in [3.05, 3.63) is 112 Å². The van der Waals surface area contributed by atoms with E-state index in [-0.39, 0.29) is 18.2 Å². The molecule has 206 valence electrons. The first-order chi connectivity index (χ1) is 19.4. The molecular weight excluding hydrogens is 506 g/mol. The monoisotopic (exact) mass is 539 g/mol. The minimum atomic E-state index is -0.497. The van der Waals surface area contributed by atoms with Crippen LogP contribution in [0.25, 0.3) is 0 Å². The third-order valence-electron chi connectivity index (χ3n) is 7.67. The number of piperazine rings is 1. The summed E-state index contributed by atoms with van der Waals surface area (Å²) in [5, 5.41) is 11.6. The number of benzene rings is 2. The van der Waals surface area contributed by atoms with Crippen LogP contribution in [0.4, 0.5) is 11.4 Å². The standard InChI is InChI=1S/C31H33N5O4/c1-22-28(25-9-7-13-32-21-25)30(24-8-6-12-27(20-24)36(38)39)29(23(2)33-22)31(37)40-19-18-34-14-16-35(17-15-34)26-10-4-3-5-11-26/h3-13,20-21,28,30H,14-19H2,1-2H3. The maximum Gasteiger partial charge on any atom is 0.336 e. The quantitative estimate of drug-likeness (QED) is 0.226. The highest BCUT2D eigenvalue weighted by Crippen LogP contribution is 2.45. The summed E-state index contributed by atoms with van der Waals surface area (Å²) in [6.07, 6.45) is 3.45. The van der Waals surface area contributed by atoms with E-state index in [9.17, 15) is 14.9 Å². The van der Waals surface area contributed by atoms with Crippen LogP contribution in [0.3, 0.4) is 0 Å². The third kappa shape index (κ3) is 5.94. The van der Waals surface area contributed by atoms with Crippen molar-refractivity contribution in [2.75, 3.05) is 44.2 Å². The van der Waals surface area contributed by atoms with Crippen LogP contribution < -0.4 is 4.90 Å². The summed E-state index contributed by atoms with van der Waals surface area (Å²) in [7, 11) is 0. The minimum absolute atomic E-state index is 0.0254. The molecule has 0 spiro atoms. The molecule has 0 amide bonds. The Hall–Kier alpha value is -4.37. The number of aliphatic imine (C=N–C) groups is 1. The van der Waals surface area contributed by atoms with Gasteiger partial charge in [-0.05, 0) is 43.2 Å². The Labute approximate surface area is 234 Å². The van der Waals surface area contributed by atoms with Crippen LogP contribution >= 0.6 is 0 Å². The van der Waals surface area contributed by atoms with E-state index in [2.05, 4.69) is 39.0 Å². The molecule has 1 fully saturated rings. The van der Waals surface area contributed by atoms with Gasteiger partial charge in [0.2, 0.25) is 0 Å². The van der Waals surface area contributed by atoms with Crippen LogP contribution in [0.1, 0.15) is 36.8 Å². The Balaban J connectivity index is 1.33. The van der Waals surface area contributed by atoms with E-state index in [4.69, 9.17) is 9.73 Å². The lowest BCUT2D eigenvalue weighted by Crippen LogP contribution is -2.47. The lowest BCUT2D eigenvalue weighted by atomic mass is 9.73. The second-order valence-electron chi connectivity index (χ2n) is 10.1. The second-order valence-corrected chi connectivity index (χ2v) is 10.1. The summed E-state index contributed by atoms with van der Waals surface area (Å²) in [5.41, 5.74) is 4.55. The summed E-state index contributed by atoms with van der Waals surface area (Å²) in [6.45, 7) is 8.21. The van der Waals surface area contributed by atoms with Gasteiger partial charge in [-0.15, -0.1) is 0 Å². The van der Waals surface area contributed by atoms with Gasteiger partial charge in [0, 0.05) is 86.2 Å². The van der Waals surface area contributed by atoms with Crippen LogP contribution in [0.5, 0.6) is 0 Å². The van der Waals surface area contributed by atoms with E-state index in [1.165, 1.54) is 11.8 Å². The number of hydrogen-bond donors (Lipinski definition) is 0. The number of nitro benzene ring substituents is 1. The Bertz CT molecular complexity index is 1420. The number of hydrogen-bond acceptors (Lipinski definition) is 8. The molecule has 3 aromatic rings. The molecule has 2 aliphatic heterocycles. The molecule has 1 aromatic heterocycles. The van der Waals surface area contributed by atoms with Crippen molar-refractivity contribution in [3.63, 3.8) is 0 Å². The topological polar surface area (TPSA) is 101 Å². The fourth-order valence-electron chi connectivity index (χ4n) is 5.70. The van der Waals surface area contributed by atoms with E-state index in [0.29, 0.717) is 23.4 Å². The number of carbonyl (C=O) groups is 1. The smallest absolute Gasteiger partial charge is 0.336 e. The molecule has 9 heteroatoms. The highest BCUT2D eigenvalue weighted by atomic mass is 16.6. The van der Waals surface area contributed by atoms with E-state index >= 15 is 0 Å². The zero-order valence-electron chi connectivity index (χ0n) is 22.8. The average Bonchev–Trinajstić information content (AvgIpc) is 2.98. The molecule has 2 aliphatic rings. The zero-order chi connectivity index (χ0) is 28.1. The maximum atomic E-state index is 13.6. The lowest BCUT2D eigenvalue weighted by Gasteiger charge is -2.36. The number of esters is 1. The number of nitro groups is 1. The molecule has 0 N–H and O–H groups in total. The first-order valence-electron chi connectivity index (χ1n) is 13.5. The Morgan fingerprint density at radius 2 is 1.73 bits per heavy atom. The van der Waals surface area contributed by atoms with Crippen LogP contribution in [0.2, 0.25) is 0 Å². The second kappa shape index (κ2) is 12.2. The highest BCUT2D eigenvalue weighted by molar-refractivity contribution is 5.99. The van der Waals surface area contributed by atoms with Crippen molar-refractivity contribution in [1.82, 2.24) is 9.88 Å². The van der Waals surface area contributed by atoms with Crippen molar-refractivity contribution in [3.8, 4) is 0 Å². The van der Waals surface area contributed by atoms with Gasteiger partial charge in [-0.2, -0.15) is 0 Å². The van der Waals surface area contributed by atoms with E-state index in [1.807, 2.05) is 31.2 Å². The van der Waals surface area contributed by atoms with Crippen LogP contribution in [0.15, 0.2) is 95.4 Å². The summed E-state index contributed by atoms with van der Waals surface area (Å²) >= 11 is 0. The average molecular weight is 540 g/mol. The Kier molecular flexibility index (Phi) is 8.31. The van der Waals surface area contributed by atoms with Gasteiger partial charge in [-0.25, -0.2) is 4.79 Å². The third-order valence-corrected chi connectivity index (χ3v) is 7.67. The number of non-ortho nitro benzene ring substituents is 1. The van der Waals surface area contributed by atoms with Crippen molar-refractivity contribution in [1.29, 1.82) is 0 Å². The molecule has 2 aromatic carbocycles. The van der Waals surface area contributed by atoms with Crippen molar-refractivity contribution >= 4 is 23.1 Å². The van der Waals surface area contributed by atoms with E-state index < -0.39 is 16.8 Å². The van der Waals surface area contributed by atoms with Gasteiger partial charge < -0.3 is 9.64 Å². The molecule has 0 aliphatic carbocycles. The number of carbonyl (C=O) groups excluding carboxylic acids is 1. The number of pyridine rings is 1. The van der Waals surface area contributed by atoms with Crippen LogP contribution in [-0.2, 0) is 9.53 Å². The van der Waals surface area contributed by atoms with E-state index in [0.717, 1.165) is 37.5 Å². The molecule has 1 saturated heterocycles. The number of anilines is 1. The number of aromatic nitrogens is 1. The summed E-state index contributed by atoms with van der Waals surface area (Å²) in [4.78, 5) is 38.5. The summed E-state index contributed by atoms with van der Waals surface area (Å²) < 4.78 is 5.84. The number of rotatable bonds is 8. The molecule has 3 heterocycles. The predicted octanol–water partition coefficient (Wildman–Crippen LogP) is 4.97. The molecule has 5 rings (SSSR count). The van der Waals surface area contributed by atoms with Crippen molar-refractivity contribution < 1.29 is 14.5 Å². The first-order valence-corrected chi connectivity index (χ1v) is 13.5. The molecule has 0 saturated carbocycles. The summed E-state index contributed by atoms with van der Waals surface area (Å²) in [5.74, 6) is -1.25. The van der Waals surface area contributed by atoms with Crippen LogP contribution in [-0.4, -0.2) is 65.8 Å². The Morgan fingerprint density at radius 3 is 2.42 bits per heavy atom. The fraction of sp³-hybridized carbons (Fsp3) is 0.323. The van der Waals surface area contributed by atoms with E-state index in [1.54, 1.807) is 31.5 Å². The normalized spacial score (nSPS) is 19.8. The maximum absolute atomic E-state index is 13.6. The molecule has 2 unspecified atom stereocenters. The van der Waals surface area contributed by atoms with Gasteiger partial charge in [0.1, 0.15) is 6.61 Å². The van der Waals surface area contributed by atoms with Gasteiger partial charge in [-0.3, -0.25) is 25.0 Å². The van der Waals surface area contributed by atoms with Crippen LogP contribution in [0, 0.1) is 10.1 Å². The SMILES string of the molecule is CC1=NC(C)=C(C(=O)OCCN2CCN(c3ccccc3)CC2)C(c2cccc([N+](=O)[O-])c2)C1c1cccnc1. The van der Waals surface area contributed by atoms with Gasteiger partial charge in [-0.1, -0.05) is 36.4 Å². The molecule has 9 nitrogen and oxygen atoms in total.